The normalized spacial score (nSPS) is 11.8. The van der Waals surface area contributed by atoms with Gasteiger partial charge in [-0.1, -0.05) is 40.0 Å². The fraction of sp³-hybridized carbons (Fsp3) is 0.579. The largest absolute Gasteiger partial charge is 0.462 e. The van der Waals surface area contributed by atoms with Crippen LogP contribution in [0.15, 0.2) is 24.3 Å². The molecular weight excluding hydrogens is 290 g/mol. The van der Waals surface area contributed by atoms with Crippen molar-refractivity contribution in [1.82, 2.24) is 0 Å². The maximum absolute atomic E-state index is 12.2. The number of amides is 1. The van der Waals surface area contributed by atoms with Gasteiger partial charge in [-0.25, -0.2) is 4.79 Å². The number of hydrogen-bond acceptors (Lipinski definition) is 3. The summed E-state index contributed by atoms with van der Waals surface area (Å²) in [7, 11) is 0. The molecule has 1 aromatic rings. The van der Waals surface area contributed by atoms with E-state index in [0.29, 0.717) is 12.2 Å². The van der Waals surface area contributed by atoms with E-state index in [2.05, 4.69) is 19.2 Å². The van der Waals surface area contributed by atoms with Gasteiger partial charge < -0.3 is 10.1 Å². The predicted octanol–water partition coefficient (Wildman–Crippen LogP) is 4.80. The average molecular weight is 319 g/mol. The van der Waals surface area contributed by atoms with Gasteiger partial charge in [0, 0.05) is 11.6 Å². The monoisotopic (exact) mass is 319 g/mol. The highest BCUT2D eigenvalue weighted by atomic mass is 16.5. The summed E-state index contributed by atoms with van der Waals surface area (Å²) in [5.41, 5.74) is 1.23. The molecule has 0 bridgehead atoms. The van der Waals surface area contributed by atoms with Crippen LogP contribution < -0.4 is 5.32 Å². The van der Waals surface area contributed by atoms with Gasteiger partial charge in [0.2, 0.25) is 5.91 Å². The number of nitrogens with one attached hydrogen (secondary N) is 1. The van der Waals surface area contributed by atoms with Crippen molar-refractivity contribution in [2.45, 2.75) is 59.3 Å². The third-order valence-electron chi connectivity index (χ3n) is 3.89. The van der Waals surface area contributed by atoms with Gasteiger partial charge >= 0.3 is 5.97 Å². The van der Waals surface area contributed by atoms with Crippen molar-refractivity contribution in [3.63, 3.8) is 0 Å². The molecule has 0 aliphatic heterocycles. The third-order valence-corrected chi connectivity index (χ3v) is 3.89. The zero-order chi connectivity index (χ0) is 17.1. The Morgan fingerprint density at radius 2 is 1.70 bits per heavy atom. The van der Waals surface area contributed by atoms with Crippen LogP contribution in [-0.2, 0) is 9.53 Å². The van der Waals surface area contributed by atoms with Crippen molar-refractivity contribution in [3.8, 4) is 0 Å². The number of esters is 1. The van der Waals surface area contributed by atoms with Crippen LogP contribution in [0.25, 0.3) is 0 Å². The Hall–Kier alpha value is -1.84. The maximum atomic E-state index is 12.2. The Labute approximate surface area is 139 Å². The van der Waals surface area contributed by atoms with Gasteiger partial charge in [-0.15, -0.1) is 0 Å². The van der Waals surface area contributed by atoms with E-state index in [1.165, 1.54) is 0 Å². The van der Waals surface area contributed by atoms with Gasteiger partial charge in [-0.2, -0.15) is 0 Å². The average Bonchev–Trinajstić information content (AvgIpc) is 2.56. The van der Waals surface area contributed by atoms with E-state index >= 15 is 0 Å². The first-order valence-corrected chi connectivity index (χ1v) is 8.70. The van der Waals surface area contributed by atoms with E-state index in [0.717, 1.165) is 44.2 Å². The van der Waals surface area contributed by atoms with E-state index in [9.17, 15) is 9.59 Å². The van der Waals surface area contributed by atoms with Gasteiger partial charge in [0.25, 0.3) is 0 Å². The molecule has 0 fully saturated rings. The molecule has 0 radical (unpaired) electrons. The first-order chi connectivity index (χ1) is 11.1. The van der Waals surface area contributed by atoms with E-state index in [-0.39, 0.29) is 17.8 Å². The lowest BCUT2D eigenvalue weighted by Gasteiger charge is -2.14. The fourth-order valence-electron chi connectivity index (χ4n) is 2.30. The minimum atomic E-state index is -0.314. The summed E-state index contributed by atoms with van der Waals surface area (Å²) < 4.78 is 5.16. The van der Waals surface area contributed by atoms with Crippen molar-refractivity contribution in [2.75, 3.05) is 11.9 Å². The molecule has 0 aromatic heterocycles. The van der Waals surface area contributed by atoms with Gasteiger partial charge in [0.05, 0.1) is 12.2 Å². The lowest BCUT2D eigenvalue weighted by atomic mass is 9.98. The van der Waals surface area contributed by atoms with Crippen molar-refractivity contribution >= 4 is 17.6 Å². The van der Waals surface area contributed by atoms with Crippen LogP contribution in [0.3, 0.4) is 0 Å². The van der Waals surface area contributed by atoms with E-state index in [4.69, 9.17) is 4.74 Å². The van der Waals surface area contributed by atoms with Crippen LogP contribution in [0.5, 0.6) is 0 Å². The van der Waals surface area contributed by atoms with Crippen molar-refractivity contribution < 1.29 is 14.3 Å². The topological polar surface area (TPSA) is 55.4 Å². The molecule has 0 saturated carbocycles. The number of unbranched alkanes of at least 4 members (excludes halogenated alkanes) is 2. The Morgan fingerprint density at radius 3 is 2.26 bits per heavy atom. The molecule has 4 heteroatoms. The lowest BCUT2D eigenvalue weighted by Crippen LogP contribution is -2.22. The van der Waals surface area contributed by atoms with Gasteiger partial charge in [-0.05, 0) is 43.5 Å². The van der Waals surface area contributed by atoms with Crippen LogP contribution >= 0.6 is 0 Å². The molecule has 1 amide bonds. The van der Waals surface area contributed by atoms with Crippen LogP contribution in [0.4, 0.5) is 5.69 Å². The highest BCUT2D eigenvalue weighted by Gasteiger charge is 2.16. The number of carbonyl (C=O) groups is 2. The number of carbonyl (C=O) groups excluding carboxylic acids is 2. The quantitative estimate of drug-likeness (QED) is 0.498. The molecule has 0 saturated heterocycles. The fourth-order valence-corrected chi connectivity index (χ4v) is 2.30. The highest BCUT2D eigenvalue weighted by Crippen LogP contribution is 2.17. The molecule has 1 atom stereocenters. The molecule has 1 aromatic carbocycles. The standard InChI is InChI=1S/C19H29NO3/c1-4-7-9-15(6-3)18(21)20-17-12-10-16(11-13-17)19(22)23-14-8-5-2/h10-13,15H,4-9,14H2,1-3H3,(H,20,21). The maximum Gasteiger partial charge on any atom is 0.338 e. The summed E-state index contributed by atoms with van der Waals surface area (Å²) >= 11 is 0. The van der Waals surface area contributed by atoms with Crippen LogP contribution in [0, 0.1) is 5.92 Å². The van der Waals surface area contributed by atoms with E-state index < -0.39 is 0 Å². The second kappa shape index (κ2) is 10.8. The Bertz CT molecular complexity index is 482. The zero-order valence-electron chi connectivity index (χ0n) is 14.6. The van der Waals surface area contributed by atoms with E-state index in [1.54, 1.807) is 24.3 Å². The lowest BCUT2D eigenvalue weighted by molar-refractivity contribution is -0.120. The number of anilines is 1. The summed E-state index contributed by atoms with van der Waals surface area (Å²) in [6.07, 6.45) is 5.78. The smallest absolute Gasteiger partial charge is 0.338 e. The molecule has 1 rings (SSSR count). The van der Waals surface area contributed by atoms with Crippen molar-refractivity contribution in [2.24, 2.45) is 5.92 Å². The Balaban J connectivity index is 2.55. The summed E-state index contributed by atoms with van der Waals surface area (Å²) in [6, 6.07) is 6.88. The molecule has 0 spiro atoms. The molecule has 1 unspecified atom stereocenters. The van der Waals surface area contributed by atoms with Crippen LogP contribution in [-0.4, -0.2) is 18.5 Å². The molecule has 128 valence electrons. The summed E-state index contributed by atoms with van der Waals surface area (Å²) in [6.45, 7) is 6.66. The molecule has 0 aliphatic rings. The Kier molecular flexibility index (Phi) is 9.03. The second-order valence-electron chi connectivity index (χ2n) is 5.80. The van der Waals surface area contributed by atoms with Crippen molar-refractivity contribution in [3.05, 3.63) is 29.8 Å². The predicted molar refractivity (Wildman–Crippen MR) is 93.6 cm³/mol. The number of hydrogen-bond donors (Lipinski definition) is 1. The molecule has 1 N–H and O–H groups in total. The number of ether oxygens (including phenoxy) is 1. The van der Waals surface area contributed by atoms with Crippen LogP contribution in [0.2, 0.25) is 0 Å². The molecular formula is C19H29NO3. The van der Waals surface area contributed by atoms with Gasteiger partial charge in [0.1, 0.15) is 0 Å². The highest BCUT2D eigenvalue weighted by molar-refractivity contribution is 5.94. The third kappa shape index (κ3) is 6.85. The van der Waals surface area contributed by atoms with Gasteiger partial charge in [-0.3, -0.25) is 4.79 Å². The first-order valence-electron chi connectivity index (χ1n) is 8.70. The number of benzene rings is 1. The van der Waals surface area contributed by atoms with E-state index in [1.807, 2.05) is 6.92 Å². The molecule has 23 heavy (non-hydrogen) atoms. The zero-order valence-corrected chi connectivity index (χ0v) is 14.6. The molecule has 0 aliphatic carbocycles. The summed E-state index contributed by atoms with van der Waals surface area (Å²) in [5.74, 6) is -0.210. The summed E-state index contributed by atoms with van der Waals surface area (Å²) in [5, 5.41) is 2.93. The van der Waals surface area contributed by atoms with Crippen molar-refractivity contribution in [1.29, 1.82) is 0 Å². The molecule has 4 nitrogen and oxygen atoms in total. The van der Waals surface area contributed by atoms with Gasteiger partial charge in [0.15, 0.2) is 0 Å². The van der Waals surface area contributed by atoms with Crippen LogP contribution in [0.1, 0.15) is 69.7 Å². The first kappa shape index (κ1) is 19.2. The minimum absolute atomic E-state index is 0.0497. The number of rotatable bonds is 10. The second-order valence-corrected chi connectivity index (χ2v) is 5.80. The molecule has 0 heterocycles. The Morgan fingerprint density at radius 1 is 1.04 bits per heavy atom. The minimum Gasteiger partial charge on any atom is -0.462 e. The summed E-state index contributed by atoms with van der Waals surface area (Å²) in [4.78, 5) is 24.1. The SMILES string of the molecule is CCCCOC(=O)c1ccc(NC(=O)C(CC)CCCC)cc1.